The number of amides is 1. The van der Waals surface area contributed by atoms with Crippen LogP contribution < -0.4 is 10.9 Å². The highest BCUT2D eigenvalue weighted by atomic mass is 16.5. The van der Waals surface area contributed by atoms with Crippen LogP contribution in [0.25, 0.3) is 10.8 Å². The number of esters is 1. The van der Waals surface area contributed by atoms with Crippen LogP contribution in [0.5, 0.6) is 0 Å². The molecule has 7 nitrogen and oxygen atoms in total. The predicted octanol–water partition coefficient (Wildman–Crippen LogP) is 3.60. The molecule has 0 saturated carbocycles. The van der Waals surface area contributed by atoms with Crippen LogP contribution >= 0.6 is 0 Å². The minimum absolute atomic E-state index is 0.0443. The highest BCUT2D eigenvalue weighted by Gasteiger charge is 2.23. The lowest BCUT2D eigenvalue weighted by molar-refractivity contribution is -0.129. The van der Waals surface area contributed by atoms with E-state index in [2.05, 4.69) is 16.5 Å². The first-order valence-corrected chi connectivity index (χ1v) is 11.0. The van der Waals surface area contributed by atoms with Gasteiger partial charge in [-0.15, -0.1) is 0 Å². The van der Waals surface area contributed by atoms with Gasteiger partial charge in [0, 0.05) is 18.5 Å². The van der Waals surface area contributed by atoms with Gasteiger partial charge in [0.05, 0.1) is 5.39 Å². The number of carbonyl (C=O) groups excluding carboxylic acids is 2. The predicted molar refractivity (Wildman–Crippen MR) is 120 cm³/mol. The summed E-state index contributed by atoms with van der Waals surface area (Å²) in [7, 11) is 0. The van der Waals surface area contributed by atoms with Crippen LogP contribution in [-0.2, 0) is 16.1 Å². The summed E-state index contributed by atoms with van der Waals surface area (Å²) >= 11 is 0. The van der Waals surface area contributed by atoms with Gasteiger partial charge in [0.25, 0.3) is 11.5 Å². The van der Waals surface area contributed by atoms with Crippen molar-refractivity contribution >= 4 is 22.6 Å². The maximum Gasteiger partial charge on any atom is 0.360 e. The van der Waals surface area contributed by atoms with Crippen molar-refractivity contribution in [2.45, 2.75) is 65.5 Å². The number of hydrogen-bond donors (Lipinski definition) is 1. The van der Waals surface area contributed by atoms with Gasteiger partial charge in [0.1, 0.15) is 0 Å². The van der Waals surface area contributed by atoms with Gasteiger partial charge in [-0.3, -0.25) is 9.59 Å². The van der Waals surface area contributed by atoms with E-state index in [1.807, 2.05) is 13.8 Å². The zero-order valence-electron chi connectivity index (χ0n) is 18.5. The molecule has 3 rings (SSSR count). The molecule has 0 bridgehead atoms. The lowest BCUT2D eigenvalue weighted by Crippen LogP contribution is -2.37. The van der Waals surface area contributed by atoms with Crippen molar-refractivity contribution in [2.75, 3.05) is 6.54 Å². The van der Waals surface area contributed by atoms with Gasteiger partial charge in [-0.1, -0.05) is 43.7 Å². The molecule has 1 amide bonds. The number of hydrogen-bond acceptors (Lipinski definition) is 5. The van der Waals surface area contributed by atoms with Gasteiger partial charge in [-0.05, 0) is 51.0 Å². The fourth-order valence-corrected chi connectivity index (χ4v) is 3.75. The van der Waals surface area contributed by atoms with Crippen molar-refractivity contribution in [1.82, 2.24) is 15.1 Å². The van der Waals surface area contributed by atoms with E-state index in [0.717, 1.165) is 19.3 Å². The summed E-state index contributed by atoms with van der Waals surface area (Å²) in [5.41, 5.74) is 1.17. The first-order valence-electron chi connectivity index (χ1n) is 11.0. The SMILES string of the molecule is CC(C)Cn1nc(C(=O)O[C@H](C)C(=O)NCCC2=CCCCC2)c2ccccc2c1=O. The summed E-state index contributed by atoms with van der Waals surface area (Å²) in [5.74, 6) is -0.880. The van der Waals surface area contributed by atoms with Crippen LogP contribution in [0.4, 0.5) is 0 Å². The summed E-state index contributed by atoms with van der Waals surface area (Å²) in [6.45, 7) is 6.39. The number of rotatable bonds is 8. The third-order valence-electron chi connectivity index (χ3n) is 5.38. The number of aromatic nitrogens is 2. The lowest BCUT2D eigenvalue weighted by atomic mass is 9.97. The Morgan fingerprint density at radius 2 is 1.90 bits per heavy atom. The molecule has 1 aromatic heterocycles. The average Bonchev–Trinajstić information content (AvgIpc) is 2.76. The van der Waals surface area contributed by atoms with Gasteiger partial charge in [-0.25, -0.2) is 9.48 Å². The Morgan fingerprint density at radius 3 is 2.58 bits per heavy atom. The molecule has 2 aromatic rings. The Hall–Kier alpha value is -2.96. The van der Waals surface area contributed by atoms with Crippen molar-refractivity contribution in [2.24, 2.45) is 5.92 Å². The van der Waals surface area contributed by atoms with Crippen molar-refractivity contribution in [3.8, 4) is 0 Å². The first-order chi connectivity index (χ1) is 14.9. The van der Waals surface area contributed by atoms with Crippen LogP contribution in [0.2, 0.25) is 0 Å². The van der Waals surface area contributed by atoms with Gasteiger partial charge >= 0.3 is 5.97 Å². The molecule has 1 aliphatic rings. The third-order valence-corrected chi connectivity index (χ3v) is 5.38. The Bertz CT molecular complexity index is 1040. The standard InChI is InChI=1S/C24H31N3O4/c1-16(2)15-27-23(29)20-12-8-7-11-19(20)21(26-27)24(30)31-17(3)22(28)25-14-13-18-9-5-4-6-10-18/h7-9,11-12,16-17H,4-6,10,13-15H2,1-3H3,(H,25,28)/t17-/m1/s1. The quantitative estimate of drug-likeness (QED) is 0.515. The molecule has 0 fully saturated rings. The van der Waals surface area contributed by atoms with E-state index in [0.29, 0.717) is 23.9 Å². The largest absolute Gasteiger partial charge is 0.448 e. The van der Waals surface area contributed by atoms with E-state index in [9.17, 15) is 14.4 Å². The van der Waals surface area contributed by atoms with Crippen molar-refractivity contribution in [3.63, 3.8) is 0 Å². The second kappa shape index (κ2) is 10.4. The van der Waals surface area contributed by atoms with E-state index in [4.69, 9.17) is 4.74 Å². The highest BCUT2D eigenvalue weighted by Crippen LogP contribution is 2.19. The molecule has 0 saturated heterocycles. The molecule has 1 heterocycles. The molecule has 0 aliphatic heterocycles. The number of ether oxygens (including phenoxy) is 1. The molecule has 7 heteroatoms. The Morgan fingerprint density at radius 1 is 1.16 bits per heavy atom. The van der Waals surface area contributed by atoms with Crippen LogP contribution in [0.15, 0.2) is 40.7 Å². The minimum atomic E-state index is -0.959. The number of nitrogens with zero attached hydrogens (tertiary/aromatic N) is 2. The minimum Gasteiger partial charge on any atom is -0.448 e. The monoisotopic (exact) mass is 425 g/mol. The molecule has 0 unspecified atom stereocenters. The van der Waals surface area contributed by atoms with Gasteiger partial charge in [0.15, 0.2) is 11.8 Å². The van der Waals surface area contributed by atoms with Crippen LogP contribution in [-0.4, -0.2) is 34.3 Å². The van der Waals surface area contributed by atoms with Crippen LogP contribution in [0.1, 0.15) is 63.4 Å². The van der Waals surface area contributed by atoms with Crippen LogP contribution in [0, 0.1) is 5.92 Å². The van der Waals surface area contributed by atoms with E-state index in [-0.39, 0.29) is 23.1 Å². The molecule has 1 atom stereocenters. The summed E-state index contributed by atoms with van der Waals surface area (Å²) in [5, 5.41) is 7.94. The number of benzene rings is 1. The van der Waals surface area contributed by atoms with Gasteiger partial charge in [-0.2, -0.15) is 5.10 Å². The van der Waals surface area contributed by atoms with E-state index in [1.54, 1.807) is 31.2 Å². The summed E-state index contributed by atoms with van der Waals surface area (Å²) in [6.07, 6.45) is 6.74. The smallest absolute Gasteiger partial charge is 0.360 e. The fraction of sp³-hybridized carbons (Fsp3) is 0.500. The molecule has 0 radical (unpaired) electrons. The lowest BCUT2D eigenvalue weighted by Gasteiger charge is -2.16. The van der Waals surface area contributed by atoms with Crippen LogP contribution in [0.3, 0.4) is 0 Å². The van der Waals surface area contributed by atoms with E-state index in [1.165, 1.54) is 23.1 Å². The second-order valence-corrected chi connectivity index (χ2v) is 8.47. The van der Waals surface area contributed by atoms with Gasteiger partial charge in [0.2, 0.25) is 0 Å². The summed E-state index contributed by atoms with van der Waals surface area (Å²) in [6, 6.07) is 6.82. The zero-order valence-corrected chi connectivity index (χ0v) is 18.5. The molecular formula is C24H31N3O4. The zero-order chi connectivity index (χ0) is 22.4. The maximum absolute atomic E-state index is 12.9. The Balaban J connectivity index is 1.70. The van der Waals surface area contributed by atoms with Crippen molar-refractivity contribution in [1.29, 1.82) is 0 Å². The Labute approximate surface area is 182 Å². The molecule has 1 N–H and O–H groups in total. The molecular weight excluding hydrogens is 394 g/mol. The second-order valence-electron chi connectivity index (χ2n) is 8.47. The Kier molecular flexibility index (Phi) is 7.60. The van der Waals surface area contributed by atoms with E-state index < -0.39 is 12.1 Å². The third kappa shape index (κ3) is 5.81. The molecule has 31 heavy (non-hydrogen) atoms. The number of nitrogens with one attached hydrogen (secondary N) is 1. The summed E-state index contributed by atoms with van der Waals surface area (Å²) < 4.78 is 6.70. The molecule has 1 aromatic carbocycles. The van der Waals surface area contributed by atoms with Crippen molar-refractivity contribution < 1.29 is 14.3 Å². The van der Waals surface area contributed by atoms with E-state index >= 15 is 0 Å². The summed E-state index contributed by atoms with van der Waals surface area (Å²) in [4.78, 5) is 38.0. The van der Waals surface area contributed by atoms with Gasteiger partial charge < -0.3 is 10.1 Å². The molecule has 1 aliphatic carbocycles. The fourth-order valence-electron chi connectivity index (χ4n) is 3.75. The first kappa shape index (κ1) is 22.7. The van der Waals surface area contributed by atoms with Crippen molar-refractivity contribution in [3.05, 3.63) is 52.0 Å². The number of carbonyl (C=O) groups is 2. The number of fused-ring (bicyclic) bond motifs is 1. The average molecular weight is 426 g/mol. The number of allylic oxidation sites excluding steroid dienone is 1. The highest BCUT2D eigenvalue weighted by molar-refractivity contribution is 6.02. The molecule has 0 spiro atoms. The maximum atomic E-state index is 12.9. The normalized spacial score (nSPS) is 14.9. The topological polar surface area (TPSA) is 90.3 Å². The molecule has 166 valence electrons.